The summed E-state index contributed by atoms with van der Waals surface area (Å²) in [4.78, 5) is 24.4. The van der Waals surface area contributed by atoms with Crippen molar-refractivity contribution < 1.29 is 14.7 Å². The van der Waals surface area contributed by atoms with Crippen LogP contribution >= 0.6 is 0 Å². The largest absolute Gasteiger partial charge is 0.480 e. The number of likely N-dealkylation sites (tertiary alicyclic amines) is 1. The van der Waals surface area contributed by atoms with Crippen LogP contribution in [0.1, 0.15) is 18.4 Å². The fourth-order valence-electron chi connectivity index (χ4n) is 2.30. The molecular weight excluding hydrogens is 230 g/mol. The SMILES string of the molecule is O=C1CCN(C(Cc2ccccc2)C(=O)O)CC1. The molecule has 1 N–H and O–H groups in total. The molecule has 1 heterocycles. The normalized spacial score (nSPS) is 18.6. The molecule has 2 rings (SSSR count). The van der Waals surface area contributed by atoms with E-state index in [2.05, 4.69) is 0 Å². The second-order valence-corrected chi connectivity index (χ2v) is 4.62. The van der Waals surface area contributed by atoms with Crippen LogP contribution in [0.5, 0.6) is 0 Å². The number of Topliss-reactive ketones (excluding diaryl/α,β-unsaturated/α-hetero) is 1. The van der Waals surface area contributed by atoms with E-state index >= 15 is 0 Å². The average Bonchev–Trinajstić information content (AvgIpc) is 2.38. The lowest BCUT2D eigenvalue weighted by Crippen LogP contribution is -2.47. The molecule has 0 spiro atoms. The zero-order valence-corrected chi connectivity index (χ0v) is 10.2. The van der Waals surface area contributed by atoms with Crippen molar-refractivity contribution in [3.8, 4) is 0 Å². The molecule has 1 unspecified atom stereocenters. The Morgan fingerprint density at radius 3 is 2.39 bits per heavy atom. The van der Waals surface area contributed by atoms with Crippen molar-refractivity contribution in [2.45, 2.75) is 25.3 Å². The molecule has 1 saturated heterocycles. The van der Waals surface area contributed by atoms with Gasteiger partial charge in [0.2, 0.25) is 0 Å². The number of piperidine rings is 1. The number of nitrogens with zero attached hydrogens (tertiary/aromatic N) is 1. The Hall–Kier alpha value is -1.68. The number of hydrogen-bond acceptors (Lipinski definition) is 3. The van der Waals surface area contributed by atoms with E-state index in [0.717, 1.165) is 5.56 Å². The highest BCUT2D eigenvalue weighted by molar-refractivity contribution is 5.80. The van der Waals surface area contributed by atoms with Gasteiger partial charge in [-0.2, -0.15) is 0 Å². The molecule has 0 saturated carbocycles. The number of ketones is 1. The minimum absolute atomic E-state index is 0.232. The van der Waals surface area contributed by atoms with E-state index in [0.29, 0.717) is 32.4 Å². The third kappa shape index (κ3) is 3.17. The highest BCUT2D eigenvalue weighted by Crippen LogP contribution is 2.14. The van der Waals surface area contributed by atoms with E-state index < -0.39 is 12.0 Å². The van der Waals surface area contributed by atoms with E-state index in [1.807, 2.05) is 35.2 Å². The minimum Gasteiger partial charge on any atom is -0.480 e. The first-order valence-electron chi connectivity index (χ1n) is 6.19. The van der Waals surface area contributed by atoms with Gasteiger partial charge in [-0.15, -0.1) is 0 Å². The number of carbonyl (C=O) groups is 2. The van der Waals surface area contributed by atoms with Crippen molar-refractivity contribution in [3.05, 3.63) is 35.9 Å². The summed E-state index contributed by atoms with van der Waals surface area (Å²) < 4.78 is 0. The Morgan fingerprint density at radius 1 is 1.22 bits per heavy atom. The Labute approximate surface area is 106 Å². The maximum Gasteiger partial charge on any atom is 0.321 e. The van der Waals surface area contributed by atoms with Gasteiger partial charge in [-0.25, -0.2) is 0 Å². The molecule has 4 heteroatoms. The Morgan fingerprint density at radius 2 is 1.83 bits per heavy atom. The summed E-state index contributed by atoms with van der Waals surface area (Å²) in [5, 5.41) is 9.33. The molecule has 0 aliphatic carbocycles. The van der Waals surface area contributed by atoms with Crippen LogP contribution in [0.2, 0.25) is 0 Å². The number of hydrogen-bond donors (Lipinski definition) is 1. The molecule has 1 atom stereocenters. The number of carboxylic acids is 1. The van der Waals surface area contributed by atoms with Crippen LogP contribution in [0.4, 0.5) is 0 Å². The second-order valence-electron chi connectivity index (χ2n) is 4.62. The first kappa shape index (κ1) is 12.8. The standard InChI is InChI=1S/C14H17NO3/c16-12-6-8-15(9-7-12)13(14(17)18)10-11-4-2-1-3-5-11/h1-5,13H,6-10H2,(H,17,18). The fourth-order valence-corrected chi connectivity index (χ4v) is 2.30. The van der Waals surface area contributed by atoms with Gasteiger partial charge in [0.1, 0.15) is 11.8 Å². The van der Waals surface area contributed by atoms with Gasteiger partial charge in [0.15, 0.2) is 0 Å². The number of carboxylic acid groups (broad SMARTS) is 1. The lowest BCUT2D eigenvalue weighted by molar-refractivity contribution is -0.144. The van der Waals surface area contributed by atoms with E-state index in [4.69, 9.17) is 0 Å². The highest BCUT2D eigenvalue weighted by atomic mass is 16.4. The molecule has 96 valence electrons. The zero-order chi connectivity index (χ0) is 13.0. The topological polar surface area (TPSA) is 57.6 Å². The van der Waals surface area contributed by atoms with Crippen LogP contribution in [-0.4, -0.2) is 40.9 Å². The number of rotatable bonds is 4. The van der Waals surface area contributed by atoms with Gasteiger partial charge in [0.05, 0.1) is 0 Å². The summed E-state index contributed by atoms with van der Waals surface area (Å²) >= 11 is 0. The molecule has 0 radical (unpaired) electrons. The van der Waals surface area contributed by atoms with Gasteiger partial charge in [-0.3, -0.25) is 14.5 Å². The van der Waals surface area contributed by atoms with Gasteiger partial charge < -0.3 is 5.11 Å². The van der Waals surface area contributed by atoms with E-state index in [9.17, 15) is 14.7 Å². The van der Waals surface area contributed by atoms with Crippen LogP contribution in [0, 0.1) is 0 Å². The Kier molecular flexibility index (Phi) is 4.10. The van der Waals surface area contributed by atoms with Gasteiger partial charge in [-0.1, -0.05) is 30.3 Å². The number of benzene rings is 1. The summed E-state index contributed by atoms with van der Waals surface area (Å²) in [5.74, 6) is -0.580. The molecule has 1 aliphatic rings. The molecular formula is C14H17NO3. The third-order valence-corrected chi connectivity index (χ3v) is 3.35. The molecule has 1 aromatic carbocycles. The van der Waals surface area contributed by atoms with Crippen molar-refractivity contribution in [2.24, 2.45) is 0 Å². The quantitative estimate of drug-likeness (QED) is 0.872. The predicted octanol–water partition coefficient (Wildman–Crippen LogP) is 1.35. The van der Waals surface area contributed by atoms with Gasteiger partial charge in [0, 0.05) is 25.9 Å². The summed E-state index contributed by atoms with van der Waals surface area (Å²) in [6.45, 7) is 1.12. The molecule has 0 aromatic heterocycles. The molecule has 18 heavy (non-hydrogen) atoms. The van der Waals surface area contributed by atoms with Crippen molar-refractivity contribution in [1.82, 2.24) is 4.90 Å². The van der Waals surface area contributed by atoms with E-state index in [-0.39, 0.29) is 5.78 Å². The van der Waals surface area contributed by atoms with E-state index in [1.165, 1.54) is 0 Å². The molecule has 0 amide bonds. The monoisotopic (exact) mass is 247 g/mol. The molecule has 4 nitrogen and oxygen atoms in total. The fraction of sp³-hybridized carbons (Fsp3) is 0.429. The average molecular weight is 247 g/mol. The summed E-state index contributed by atoms with van der Waals surface area (Å²) in [6.07, 6.45) is 1.43. The predicted molar refractivity (Wildman–Crippen MR) is 67.4 cm³/mol. The number of carbonyl (C=O) groups excluding carboxylic acids is 1. The first-order chi connectivity index (χ1) is 8.66. The minimum atomic E-state index is -0.812. The van der Waals surface area contributed by atoms with Gasteiger partial charge >= 0.3 is 5.97 Å². The van der Waals surface area contributed by atoms with Crippen LogP contribution in [-0.2, 0) is 16.0 Å². The van der Waals surface area contributed by atoms with Crippen molar-refractivity contribution in [2.75, 3.05) is 13.1 Å². The number of aliphatic carboxylic acids is 1. The lowest BCUT2D eigenvalue weighted by Gasteiger charge is -2.31. The highest BCUT2D eigenvalue weighted by Gasteiger charge is 2.28. The Balaban J connectivity index is 2.04. The molecule has 1 aliphatic heterocycles. The smallest absolute Gasteiger partial charge is 0.321 e. The van der Waals surface area contributed by atoms with E-state index in [1.54, 1.807) is 0 Å². The van der Waals surface area contributed by atoms with Crippen molar-refractivity contribution in [1.29, 1.82) is 0 Å². The third-order valence-electron chi connectivity index (χ3n) is 3.35. The van der Waals surface area contributed by atoms with Gasteiger partial charge in [0.25, 0.3) is 0 Å². The lowest BCUT2D eigenvalue weighted by atomic mass is 10.0. The Bertz CT molecular complexity index is 420. The maximum atomic E-state index is 11.4. The van der Waals surface area contributed by atoms with Crippen LogP contribution < -0.4 is 0 Å². The first-order valence-corrected chi connectivity index (χ1v) is 6.19. The molecule has 1 aromatic rings. The van der Waals surface area contributed by atoms with Crippen LogP contribution in [0.3, 0.4) is 0 Å². The van der Waals surface area contributed by atoms with Crippen LogP contribution in [0.15, 0.2) is 30.3 Å². The summed E-state index contributed by atoms with van der Waals surface area (Å²) in [6, 6.07) is 9.08. The summed E-state index contributed by atoms with van der Waals surface area (Å²) in [5.41, 5.74) is 1.02. The van der Waals surface area contributed by atoms with Gasteiger partial charge in [-0.05, 0) is 12.0 Å². The van der Waals surface area contributed by atoms with Crippen molar-refractivity contribution in [3.63, 3.8) is 0 Å². The molecule has 0 bridgehead atoms. The molecule has 1 fully saturated rings. The summed E-state index contributed by atoms with van der Waals surface area (Å²) in [7, 11) is 0. The second kappa shape index (κ2) is 5.78. The zero-order valence-electron chi connectivity index (χ0n) is 10.2. The maximum absolute atomic E-state index is 11.4. The van der Waals surface area contributed by atoms with Crippen molar-refractivity contribution >= 4 is 11.8 Å². The van der Waals surface area contributed by atoms with Crippen LogP contribution in [0.25, 0.3) is 0 Å².